The molecule has 0 amide bonds. The zero-order valence-corrected chi connectivity index (χ0v) is 15.2. The lowest BCUT2D eigenvalue weighted by molar-refractivity contribution is -0.137. The van der Waals surface area contributed by atoms with Gasteiger partial charge in [0.15, 0.2) is 0 Å². The van der Waals surface area contributed by atoms with E-state index in [1.54, 1.807) is 0 Å². The zero-order chi connectivity index (χ0) is 18.3. The predicted molar refractivity (Wildman–Crippen MR) is 101 cm³/mol. The van der Waals surface area contributed by atoms with Crippen LogP contribution >= 0.6 is 0 Å². The van der Waals surface area contributed by atoms with E-state index in [0.29, 0.717) is 6.42 Å². The Labute approximate surface area is 147 Å². The van der Waals surface area contributed by atoms with E-state index in [9.17, 15) is 4.79 Å². The minimum absolute atomic E-state index is 0.125. The standard InChI is InChI=1S/C18H30O2.C2H6O2/c1-2-3-4-5-6-7-8-9-10-11-12-13-14-15-16-17-18(19)20;3-1-2-4/h3-4,6-7,9-10H,2,5,8,11-17H2,1H3,(H,19,20);3-4H,1-2H2/b4-3-,7-6-,10-9-;. The number of hydrogen-bond acceptors (Lipinski definition) is 3. The van der Waals surface area contributed by atoms with Gasteiger partial charge in [-0.2, -0.15) is 0 Å². The van der Waals surface area contributed by atoms with Crippen LogP contribution in [0.5, 0.6) is 0 Å². The molecule has 3 N–H and O–H groups in total. The van der Waals surface area contributed by atoms with Crippen LogP contribution < -0.4 is 0 Å². The first-order valence-corrected chi connectivity index (χ1v) is 9.07. The lowest BCUT2D eigenvalue weighted by Crippen LogP contribution is -1.93. The van der Waals surface area contributed by atoms with Gasteiger partial charge in [-0.3, -0.25) is 4.79 Å². The summed E-state index contributed by atoms with van der Waals surface area (Å²) >= 11 is 0. The first-order chi connectivity index (χ1) is 11.7. The van der Waals surface area contributed by atoms with Gasteiger partial charge >= 0.3 is 5.97 Å². The minimum Gasteiger partial charge on any atom is -0.481 e. The summed E-state index contributed by atoms with van der Waals surface area (Å²) in [7, 11) is 0. The average Bonchev–Trinajstić information content (AvgIpc) is 2.58. The Hall–Kier alpha value is -1.39. The summed E-state index contributed by atoms with van der Waals surface area (Å²) in [6, 6.07) is 0. The quantitative estimate of drug-likeness (QED) is 0.318. The summed E-state index contributed by atoms with van der Waals surface area (Å²) in [6.07, 6.45) is 23.4. The van der Waals surface area contributed by atoms with Crippen molar-refractivity contribution >= 4 is 5.97 Å². The van der Waals surface area contributed by atoms with Gasteiger partial charge in [-0.05, 0) is 38.5 Å². The van der Waals surface area contributed by atoms with Crippen molar-refractivity contribution in [1.82, 2.24) is 0 Å². The van der Waals surface area contributed by atoms with E-state index in [0.717, 1.165) is 44.9 Å². The van der Waals surface area contributed by atoms with Crippen molar-refractivity contribution in [3.63, 3.8) is 0 Å². The summed E-state index contributed by atoms with van der Waals surface area (Å²) in [5.74, 6) is -0.675. The van der Waals surface area contributed by atoms with Crippen molar-refractivity contribution in [3.05, 3.63) is 36.5 Å². The van der Waals surface area contributed by atoms with Gasteiger partial charge in [0.1, 0.15) is 0 Å². The molecule has 0 aromatic heterocycles. The second-order valence-electron chi connectivity index (χ2n) is 5.44. The molecule has 0 fully saturated rings. The maximum Gasteiger partial charge on any atom is 0.303 e. The van der Waals surface area contributed by atoms with Gasteiger partial charge in [0, 0.05) is 6.42 Å². The molecule has 4 nitrogen and oxygen atoms in total. The molecule has 0 radical (unpaired) electrons. The molecule has 140 valence electrons. The maximum absolute atomic E-state index is 10.3. The number of unbranched alkanes of at least 4 members (excludes halogenated alkanes) is 5. The van der Waals surface area contributed by atoms with E-state index >= 15 is 0 Å². The van der Waals surface area contributed by atoms with Crippen LogP contribution in [-0.4, -0.2) is 34.5 Å². The van der Waals surface area contributed by atoms with Crippen LogP contribution in [-0.2, 0) is 4.79 Å². The molecule has 0 aliphatic rings. The number of aliphatic hydroxyl groups is 2. The minimum atomic E-state index is -0.675. The SMILES string of the molecule is CC/C=C\C/C=C\C/C=C\CCCCCCCC(=O)O.OCCO. The largest absolute Gasteiger partial charge is 0.481 e. The van der Waals surface area contributed by atoms with Crippen molar-refractivity contribution < 1.29 is 20.1 Å². The highest BCUT2D eigenvalue weighted by Crippen LogP contribution is 2.07. The Bertz CT molecular complexity index is 331. The molecule has 0 rings (SSSR count). The van der Waals surface area contributed by atoms with Gasteiger partial charge in [-0.15, -0.1) is 0 Å². The fraction of sp³-hybridized carbons (Fsp3) is 0.650. The lowest BCUT2D eigenvalue weighted by atomic mass is 10.1. The Morgan fingerprint density at radius 1 is 0.750 bits per heavy atom. The third kappa shape index (κ3) is 28.7. The van der Waals surface area contributed by atoms with E-state index in [4.69, 9.17) is 15.3 Å². The normalized spacial score (nSPS) is 11.3. The first-order valence-electron chi connectivity index (χ1n) is 9.07. The zero-order valence-electron chi connectivity index (χ0n) is 15.2. The Morgan fingerprint density at radius 2 is 1.25 bits per heavy atom. The van der Waals surface area contributed by atoms with Crippen LogP contribution in [0.1, 0.15) is 71.1 Å². The second-order valence-corrected chi connectivity index (χ2v) is 5.44. The molecule has 0 aliphatic carbocycles. The molecule has 0 unspecified atom stereocenters. The van der Waals surface area contributed by atoms with E-state index in [2.05, 4.69) is 43.4 Å². The lowest BCUT2D eigenvalue weighted by Gasteiger charge is -1.98. The number of aliphatic hydroxyl groups excluding tert-OH is 2. The Morgan fingerprint density at radius 3 is 1.79 bits per heavy atom. The number of carboxylic acid groups (broad SMARTS) is 1. The Kier molecular flexibility index (Phi) is 24.7. The van der Waals surface area contributed by atoms with Crippen molar-refractivity contribution in [2.75, 3.05) is 13.2 Å². The Balaban J connectivity index is 0. The van der Waals surface area contributed by atoms with Gasteiger partial charge < -0.3 is 15.3 Å². The first kappa shape index (κ1) is 24.9. The number of allylic oxidation sites excluding steroid dienone is 6. The van der Waals surface area contributed by atoms with Crippen LogP contribution in [0.15, 0.2) is 36.5 Å². The predicted octanol–water partition coefficient (Wildman–Crippen LogP) is 4.63. The molecule has 0 bridgehead atoms. The van der Waals surface area contributed by atoms with Gasteiger partial charge in [0.05, 0.1) is 13.2 Å². The monoisotopic (exact) mass is 340 g/mol. The molecule has 0 aliphatic heterocycles. The van der Waals surface area contributed by atoms with Crippen LogP contribution in [0.25, 0.3) is 0 Å². The fourth-order valence-corrected chi connectivity index (χ4v) is 1.90. The summed E-state index contributed by atoms with van der Waals surface area (Å²) in [5, 5.41) is 23.7. The number of aliphatic carboxylic acids is 1. The van der Waals surface area contributed by atoms with Gasteiger partial charge in [0.2, 0.25) is 0 Å². The highest BCUT2D eigenvalue weighted by molar-refractivity contribution is 5.66. The number of rotatable bonds is 14. The third-order valence-corrected chi connectivity index (χ3v) is 3.14. The van der Waals surface area contributed by atoms with Crippen molar-refractivity contribution in [2.24, 2.45) is 0 Å². The highest BCUT2D eigenvalue weighted by atomic mass is 16.4. The molecule has 0 atom stereocenters. The number of carbonyl (C=O) groups is 1. The third-order valence-electron chi connectivity index (χ3n) is 3.14. The average molecular weight is 341 g/mol. The van der Waals surface area contributed by atoms with E-state index in [1.807, 2.05) is 0 Å². The molecular weight excluding hydrogens is 304 g/mol. The number of carboxylic acids is 1. The van der Waals surface area contributed by atoms with Crippen molar-refractivity contribution in [1.29, 1.82) is 0 Å². The number of hydrogen-bond donors (Lipinski definition) is 3. The molecule has 0 aromatic rings. The van der Waals surface area contributed by atoms with E-state index in [1.165, 1.54) is 12.8 Å². The molecule has 4 heteroatoms. The molecule has 0 saturated carbocycles. The molecule has 0 saturated heterocycles. The van der Waals surface area contributed by atoms with Crippen LogP contribution in [0.3, 0.4) is 0 Å². The van der Waals surface area contributed by atoms with Gasteiger partial charge in [0.25, 0.3) is 0 Å². The molecule has 0 aromatic carbocycles. The van der Waals surface area contributed by atoms with Crippen LogP contribution in [0.2, 0.25) is 0 Å². The summed E-state index contributed by atoms with van der Waals surface area (Å²) in [5.41, 5.74) is 0. The van der Waals surface area contributed by atoms with Crippen LogP contribution in [0, 0.1) is 0 Å². The van der Waals surface area contributed by atoms with E-state index in [-0.39, 0.29) is 13.2 Å². The molecule has 24 heavy (non-hydrogen) atoms. The smallest absolute Gasteiger partial charge is 0.303 e. The molecular formula is C20H36O4. The second kappa shape index (κ2) is 23.9. The topological polar surface area (TPSA) is 77.8 Å². The van der Waals surface area contributed by atoms with Gasteiger partial charge in [-0.25, -0.2) is 0 Å². The van der Waals surface area contributed by atoms with Gasteiger partial charge in [-0.1, -0.05) is 62.6 Å². The summed E-state index contributed by atoms with van der Waals surface area (Å²) < 4.78 is 0. The maximum atomic E-state index is 10.3. The fourth-order valence-electron chi connectivity index (χ4n) is 1.90. The van der Waals surface area contributed by atoms with E-state index < -0.39 is 5.97 Å². The summed E-state index contributed by atoms with van der Waals surface area (Å²) in [4.78, 5) is 10.3. The summed E-state index contributed by atoms with van der Waals surface area (Å²) in [6.45, 7) is 1.90. The van der Waals surface area contributed by atoms with Crippen LogP contribution in [0.4, 0.5) is 0 Å². The van der Waals surface area contributed by atoms with Crippen molar-refractivity contribution in [3.8, 4) is 0 Å². The van der Waals surface area contributed by atoms with Crippen molar-refractivity contribution in [2.45, 2.75) is 71.1 Å². The molecule has 0 heterocycles. The highest BCUT2D eigenvalue weighted by Gasteiger charge is 1.95. The molecule has 0 spiro atoms.